The average molecular weight is 669 g/mol. The van der Waals surface area contributed by atoms with Gasteiger partial charge in [-0.05, 0) is 86.4 Å². The van der Waals surface area contributed by atoms with Gasteiger partial charge >= 0.3 is 24.5 Å². The monoisotopic (exact) mass is 668 g/mol. The summed E-state index contributed by atoms with van der Waals surface area (Å²) in [6.45, 7) is 12.1. The maximum atomic E-state index is 11.3. The van der Waals surface area contributed by atoms with Crippen molar-refractivity contribution in [3.63, 3.8) is 0 Å². The third-order valence-electron chi connectivity index (χ3n) is 5.18. The Bertz CT molecular complexity index is 1580. The zero-order chi connectivity index (χ0) is 36.5. The van der Waals surface area contributed by atoms with Crippen molar-refractivity contribution in [2.45, 2.75) is 26.7 Å². The Kier molecular flexibility index (Phi) is 25.0. The molecule has 3 aromatic rings. The van der Waals surface area contributed by atoms with Crippen molar-refractivity contribution in [3.05, 3.63) is 113 Å². The van der Waals surface area contributed by atoms with Crippen LogP contribution in [0.5, 0.6) is 0 Å². The highest BCUT2D eigenvalue weighted by atomic mass is 16.5. The molecule has 0 atom stereocenters. The highest BCUT2D eigenvalue weighted by Crippen LogP contribution is 2.07. The Morgan fingerprint density at radius 2 is 1.24 bits per heavy atom. The van der Waals surface area contributed by atoms with E-state index in [1.54, 1.807) is 87.2 Å². The first-order chi connectivity index (χ1) is 23.8. The number of carboxylic acid groups (broad SMARTS) is 1. The topological polar surface area (TPSA) is 207 Å². The van der Waals surface area contributed by atoms with E-state index in [-0.39, 0.29) is 24.3 Å². The molecule has 254 valence electrons. The summed E-state index contributed by atoms with van der Waals surface area (Å²) in [6, 6.07) is 13.4. The normalized spacial score (nSPS) is 11.1. The first-order valence-electron chi connectivity index (χ1n) is 14.6. The van der Waals surface area contributed by atoms with Crippen LogP contribution in [0.15, 0.2) is 84.7 Å². The van der Waals surface area contributed by atoms with E-state index in [2.05, 4.69) is 24.5 Å². The van der Waals surface area contributed by atoms with Crippen LogP contribution in [-0.4, -0.2) is 77.2 Å². The second-order valence-corrected chi connectivity index (χ2v) is 8.77. The number of nitrogens with zero attached hydrogens (tertiary/aromatic N) is 6. The minimum Gasteiger partial charge on any atom is -0.477 e. The van der Waals surface area contributed by atoms with Crippen LogP contribution >= 0.6 is 0 Å². The van der Waals surface area contributed by atoms with Gasteiger partial charge in [0.2, 0.25) is 0 Å². The molecule has 1 fully saturated rings. The second kappa shape index (κ2) is 28.9. The van der Waals surface area contributed by atoms with Gasteiger partial charge in [0.15, 0.2) is 0 Å². The predicted octanol–water partition coefficient (Wildman–Crippen LogP) is 4.78. The molecular formula is C35H36N6O8. The third-order valence-corrected chi connectivity index (χ3v) is 5.18. The molecule has 1 saturated heterocycles. The minimum atomic E-state index is -1.22. The van der Waals surface area contributed by atoms with Gasteiger partial charge in [0.05, 0.1) is 13.2 Å². The van der Waals surface area contributed by atoms with Gasteiger partial charge < -0.3 is 24.2 Å². The number of esters is 2. The van der Waals surface area contributed by atoms with Crippen LogP contribution in [-0.2, 0) is 28.6 Å². The number of aliphatic carboxylic acids is 1. The highest BCUT2D eigenvalue weighted by Gasteiger charge is 2.09. The van der Waals surface area contributed by atoms with Gasteiger partial charge in [-0.15, -0.1) is 0 Å². The van der Waals surface area contributed by atoms with Gasteiger partial charge in [-0.3, -0.25) is 19.7 Å². The van der Waals surface area contributed by atoms with Crippen molar-refractivity contribution in [1.82, 2.24) is 15.0 Å². The van der Waals surface area contributed by atoms with Crippen LogP contribution in [0, 0.1) is 29.2 Å². The Hall–Kier alpha value is -6.56. The number of pyridine rings is 3. The fourth-order valence-electron chi connectivity index (χ4n) is 2.96. The molecule has 0 amide bonds. The minimum absolute atomic E-state index is 0.0111. The fourth-order valence-corrected chi connectivity index (χ4v) is 2.96. The number of carbonyl (C=O) groups excluding carboxylic acids is 3. The summed E-state index contributed by atoms with van der Waals surface area (Å²) in [5.41, 5.74) is 1.76. The molecule has 1 aliphatic heterocycles. The standard InChI is InChI=1S/C11H10N2O2.C9H6N2O2.C6H5NO.C5H7NO2.C4H8O/c1-2-15-11(14)10(8-12)7-9-3-5-13-6-4-9;10-6-8(9(12)13)5-7-1-3-11-4-2-7;8-5-6-1-3-7-4-2-6;1-3-8-5(7)4-6-2;1-2-4-5-3-1/h3-7H,2H2,1H3;1-5H,(H,12,13);1-5H;3-4H2,1H3;1-4H2/b10-7+;8-5+;;;. The molecule has 0 radical (unpaired) electrons. The molecule has 3 aromatic heterocycles. The largest absolute Gasteiger partial charge is 0.477 e. The molecule has 4 rings (SSSR count). The summed E-state index contributed by atoms with van der Waals surface area (Å²) in [4.78, 5) is 56.0. The van der Waals surface area contributed by atoms with Crippen LogP contribution < -0.4 is 0 Å². The Morgan fingerprint density at radius 3 is 1.55 bits per heavy atom. The number of aldehydes is 1. The summed E-state index contributed by atoms with van der Waals surface area (Å²) in [5, 5.41) is 25.7. The molecule has 1 N–H and O–H groups in total. The fraction of sp³-hybridized carbons (Fsp3) is 0.257. The van der Waals surface area contributed by atoms with Gasteiger partial charge in [0, 0.05) is 56.0 Å². The van der Waals surface area contributed by atoms with Crippen molar-refractivity contribution in [2.24, 2.45) is 0 Å². The lowest BCUT2D eigenvalue weighted by molar-refractivity contribution is -0.141. The molecule has 0 unspecified atom stereocenters. The number of aromatic nitrogens is 3. The van der Waals surface area contributed by atoms with Crippen LogP contribution in [0.25, 0.3) is 17.0 Å². The van der Waals surface area contributed by atoms with Gasteiger partial charge in [-0.25, -0.2) is 21.0 Å². The van der Waals surface area contributed by atoms with Gasteiger partial charge in [-0.1, -0.05) is 0 Å². The summed E-state index contributed by atoms with van der Waals surface area (Å²) < 4.78 is 14.1. The van der Waals surface area contributed by atoms with Crippen LogP contribution in [0.4, 0.5) is 0 Å². The smallest absolute Gasteiger partial charge is 0.387 e. The maximum absolute atomic E-state index is 11.3. The molecule has 1 aliphatic rings. The summed E-state index contributed by atoms with van der Waals surface area (Å²) in [7, 11) is 0. The first kappa shape index (κ1) is 42.4. The number of carboxylic acids is 1. The van der Waals surface area contributed by atoms with E-state index < -0.39 is 17.9 Å². The van der Waals surface area contributed by atoms with Crippen LogP contribution in [0.2, 0.25) is 0 Å². The molecule has 49 heavy (non-hydrogen) atoms. The van der Waals surface area contributed by atoms with Crippen LogP contribution in [0.1, 0.15) is 48.2 Å². The lowest BCUT2D eigenvalue weighted by atomic mass is 10.2. The highest BCUT2D eigenvalue weighted by molar-refractivity contribution is 5.98. The molecule has 0 spiro atoms. The average Bonchev–Trinajstić information content (AvgIpc) is 3.73. The first-order valence-corrected chi connectivity index (χ1v) is 14.6. The Labute approximate surface area is 284 Å². The van der Waals surface area contributed by atoms with E-state index in [1.807, 2.05) is 0 Å². The van der Waals surface area contributed by atoms with E-state index in [4.69, 9.17) is 31.7 Å². The Balaban J connectivity index is 0.000000615. The summed E-state index contributed by atoms with van der Waals surface area (Å²) in [5.74, 6) is -2.27. The number of ether oxygens (including phenoxy) is 3. The van der Waals surface area contributed by atoms with E-state index in [0.717, 1.165) is 25.1 Å². The number of rotatable bonds is 8. The number of hydrogen-bond donors (Lipinski definition) is 1. The molecule has 4 heterocycles. The third kappa shape index (κ3) is 22.6. The van der Waals surface area contributed by atoms with Crippen molar-refractivity contribution in [1.29, 1.82) is 10.5 Å². The second-order valence-electron chi connectivity index (χ2n) is 8.77. The van der Waals surface area contributed by atoms with Crippen LogP contribution in [0.3, 0.4) is 0 Å². The molecule has 14 heteroatoms. The lowest BCUT2D eigenvalue weighted by Crippen LogP contribution is -2.05. The summed E-state index contributed by atoms with van der Waals surface area (Å²) >= 11 is 0. The van der Waals surface area contributed by atoms with E-state index in [0.29, 0.717) is 17.7 Å². The molecule has 0 aliphatic carbocycles. The number of hydrogen-bond acceptors (Lipinski definition) is 12. The van der Waals surface area contributed by atoms with E-state index in [1.165, 1.54) is 37.4 Å². The van der Waals surface area contributed by atoms with Gasteiger partial charge in [0.1, 0.15) is 29.6 Å². The quantitative estimate of drug-likeness (QED) is 0.113. The summed E-state index contributed by atoms with van der Waals surface area (Å²) in [6.07, 6.45) is 15.5. The molecular weight excluding hydrogens is 632 g/mol. The van der Waals surface area contributed by atoms with Crippen molar-refractivity contribution in [2.75, 3.05) is 33.0 Å². The molecule has 0 aromatic carbocycles. The molecule has 14 nitrogen and oxygen atoms in total. The van der Waals surface area contributed by atoms with Crippen molar-refractivity contribution >= 4 is 36.3 Å². The lowest BCUT2D eigenvalue weighted by Gasteiger charge is -1.99. The number of carbonyl (C=O) groups is 4. The van der Waals surface area contributed by atoms with E-state index >= 15 is 0 Å². The Morgan fingerprint density at radius 1 is 0.816 bits per heavy atom. The molecule has 0 bridgehead atoms. The molecule has 0 saturated carbocycles. The van der Waals surface area contributed by atoms with Gasteiger partial charge in [-0.2, -0.15) is 10.5 Å². The maximum Gasteiger partial charge on any atom is 0.387 e. The van der Waals surface area contributed by atoms with Crippen molar-refractivity contribution in [3.8, 4) is 12.1 Å². The zero-order valence-electron chi connectivity index (χ0n) is 27.1. The SMILES string of the molecule is C1CCOC1.CCOC(=O)/C(C#N)=C/c1ccncc1.N#C/C(=C\c1ccncc1)C(=O)O.O=Cc1ccncc1.[C-]#[N+]CC(=O)OCC. The number of nitriles is 2. The van der Waals surface area contributed by atoms with E-state index in [9.17, 15) is 19.2 Å². The van der Waals surface area contributed by atoms with Gasteiger partial charge in [0.25, 0.3) is 0 Å². The predicted molar refractivity (Wildman–Crippen MR) is 178 cm³/mol. The zero-order valence-corrected chi connectivity index (χ0v) is 27.1. The van der Waals surface area contributed by atoms with Crippen molar-refractivity contribution < 1.29 is 38.5 Å².